The van der Waals surface area contributed by atoms with Crippen molar-refractivity contribution in [2.75, 3.05) is 5.32 Å². The maximum Gasteiger partial charge on any atom is 0.180 e. The first-order valence-corrected chi connectivity index (χ1v) is 9.38. The summed E-state index contributed by atoms with van der Waals surface area (Å²) in [6.07, 6.45) is 6.29. The number of rotatable bonds is 10. The zero-order valence-corrected chi connectivity index (χ0v) is 16.4. The minimum atomic E-state index is 0.369. The third kappa shape index (κ3) is 5.83. The van der Waals surface area contributed by atoms with E-state index < -0.39 is 0 Å². The SMILES string of the molecule is C=C(C)c1cccc(COc2cnc(C)nc2NC(CC)CCCC)n1. The Bertz CT molecular complexity index is 730. The highest BCUT2D eigenvalue weighted by Crippen LogP contribution is 2.24. The lowest BCUT2D eigenvalue weighted by Crippen LogP contribution is -2.20. The van der Waals surface area contributed by atoms with Gasteiger partial charge in [-0.05, 0) is 44.4 Å². The van der Waals surface area contributed by atoms with Crippen LogP contribution >= 0.6 is 0 Å². The summed E-state index contributed by atoms with van der Waals surface area (Å²) < 4.78 is 5.98. The number of aryl methyl sites for hydroxylation is 1. The van der Waals surface area contributed by atoms with Crippen LogP contribution in [0.15, 0.2) is 31.0 Å². The first-order valence-electron chi connectivity index (χ1n) is 9.38. The fourth-order valence-electron chi connectivity index (χ4n) is 2.64. The van der Waals surface area contributed by atoms with E-state index in [0.29, 0.717) is 18.4 Å². The maximum atomic E-state index is 5.98. The molecular weight excluding hydrogens is 324 g/mol. The largest absolute Gasteiger partial charge is 0.482 e. The third-order valence-electron chi connectivity index (χ3n) is 4.23. The van der Waals surface area contributed by atoms with Crippen LogP contribution < -0.4 is 10.1 Å². The van der Waals surface area contributed by atoms with E-state index in [-0.39, 0.29) is 0 Å². The van der Waals surface area contributed by atoms with Gasteiger partial charge in [0, 0.05) is 6.04 Å². The van der Waals surface area contributed by atoms with Crippen molar-refractivity contribution in [1.82, 2.24) is 15.0 Å². The van der Waals surface area contributed by atoms with Gasteiger partial charge in [0.15, 0.2) is 11.6 Å². The van der Waals surface area contributed by atoms with Crippen molar-refractivity contribution < 1.29 is 4.74 Å². The highest BCUT2D eigenvalue weighted by Gasteiger charge is 2.13. The molecule has 2 rings (SSSR count). The molecule has 5 heteroatoms. The van der Waals surface area contributed by atoms with E-state index in [1.807, 2.05) is 32.0 Å². The summed E-state index contributed by atoms with van der Waals surface area (Å²) in [5.74, 6) is 2.15. The minimum Gasteiger partial charge on any atom is -0.482 e. The van der Waals surface area contributed by atoms with Gasteiger partial charge in [0.1, 0.15) is 12.4 Å². The lowest BCUT2D eigenvalue weighted by atomic mass is 10.1. The zero-order valence-electron chi connectivity index (χ0n) is 16.4. The molecule has 2 heterocycles. The van der Waals surface area contributed by atoms with Crippen molar-refractivity contribution in [2.45, 2.75) is 66.0 Å². The van der Waals surface area contributed by atoms with Crippen molar-refractivity contribution in [3.63, 3.8) is 0 Å². The van der Waals surface area contributed by atoms with Crippen LogP contribution in [0.2, 0.25) is 0 Å². The fourth-order valence-corrected chi connectivity index (χ4v) is 2.64. The van der Waals surface area contributed by atoms with Gasteiger partial charge < -0.3 is 10.1 Å². The van der Waals surface area contributed by atoms with Crippen LogP contribution in [0, 0.1) is 6.92 Å². The van der Waals surface area contributed by atoms with Gasteiger partial charge in [0.05, 0.1) is 17.6 Å². The number of pyridine rings is 1. The number of aromatic nitrogens is 3. The molecular formula is C21H30N4O. The molecule has 0 spiro atoms. The Balaban J connectivity index is 2.11. The molecule has 0 fully saturated rings. The molecule has 0 saturated carbocycles. The van der Waals surface area contributed by atoms with E-state index in [4.69, 9.17) is 4.74 Å². The topological polar surface area (TPSA) is 59.9 Å². The summed E-state index contributed by atoms with van der Waals surface area (Å²) in [7, 11) is 0. The van der Waals surface area contributed by atoms with E-state index in [0.717, 1.165) is 41.4 Å². The molecule has 0 amide bonds. The van der Waals surface area contributed by atoms with Gasteiger partial charge in [0.25, 0.3) is 0 Å². The van der Waals surface area contributed by atoms with Crippen molar-refractivity contribution >= 4 is 11.4 Å². The van der Waals surface area contributed by atoms with Crippen LogP contribution in [0.3, 0.4) is 0 Å². The fraction of sp³-hybridized carbons (Fsp3) is 0.476. The number of ether oxygens (including phenoxy) is 1. The number of allylic oxidation sites excluding steroid dienone is 1. The smallest absolute Gasteiger partial charge is 0.180 e. The van der Waals surface area contributed by atoms with E-state index in [2.05, 4.69) is 40.7 Å². The Morgan fingerprint density at radius 3 is 2.77 bits per heavy atom. The van der Waals surface area contributed by atoms with Crippen molar-refractivity contribution in [3.05, 3.63) is 48.2 Å². The molecule has 0 aromatic carbocycles. The quantitative estimate of drug-likeness (QED) is 0.637. The van der Waals surface area contributed by atoms with Gasteiger partial charge in [-0.3, -0.25) is 0 Å². The van der Waals surface area contributed by atoms with Gasteiger partial charge >= 0.3 is 0 Å². The molecule has 26 heavy (non-hydrogen) atoms. The molecule has 0 aliphatic carbocycles. The molecule has 1 unspecified atom stereocenters. The number of anilines is 1. The molecule has 1 atom stereocenters. The summed E-state index contributed by atoms with van der Waals surface area (Å²) in [6, 6.07) is 6.26. The summed E-state index contributed by atoms with van der Waals surface area (Å²) in [5.41, 5.74) is 2.68. The Morgan fingerprint density at radius 1 is 1.27 bits per heavy atom. The van der Waals surface area contributed by atoms with Crippen LogP contribution in [-0.2, 0) is 6.61 Å². The highest BCUT2D eigenvalue weighted by atomic mass is 16.5. The van der Waals surface area contributed by atoms with Gasteiger partial charge in [-0.15, -0.1) is 0 Å². The predicted molar refractivity (Wildman–Crippen MR) is 107 cm³/mol. The average Bonchev–Trinajstić information content (AvgIpc) is 2.64. The molecule has 1 N–H and O–H groups in total. The van der Waals surface area contributed by atoms with Crippen LogP contribution in [0.1, 0.15) is 63.7 Å². The second kappa shape index (κ2) is 9.90. The number of unbranched alkanes of at least 4 members (excludes halogenated alkanes) is 1. The first kappa shape index (κ1) is 19.9. The highest BCUT2D eigenvalue weighted by molar-refractivity contribution is 5.57. The molecule has 0 bridgehead atoms. The monoisotopic (exact) mass is 354 g/mol. The van der Waals surface area contributed by atoms with Crippen LogP contribution in [0.25, 0.3) is 5.57 Å². The van der Waals surface area contributed by atoms with E-state index in [1.54, 1.807) is 6.20 Å². The lowest BCUT2D eigenvalue weighted by molar-refractivity contribution is 0.299. The van der Waals surface area contributed by atoms with Crippen LogP contribution in [0.4, 0.5) is 5.82 Å². The average molecular weight is 354 g/mol. The minimum absolute atomic E-state index is 0.369. The van der Waals surface area contributed by atoms with Gasteiger partial charge in [-0.1, -0.05) is 39.3 Å². The lowest BCUT2D eigenvalue weighted by Gasteiger charge is -2.19. The molecule has 140 valence electrons. The third-order valence-corrected chi connectivity index (χ3v) is 4.23. The molecule has 2 aromatic heterocycles. The van der Waals surface area contributed by atoms with Crippen molar-refractivity contribution in [3.8, 4) is 5.75 Å². The first-order chi connectivity index (χ1) is 12.5. The Kier molecular flexibility index (Phi) is 7.57. The van der Waals surface area contributed by atoms with E-state index >= 15 is 0 Å². The number of hydrogen-bond donors (Lipinski definition) is 1. The number of nitrogens with one attached hydrogen (secondary N) is 1. The normalized spacial score (nSPS) is 11.8. The van der Waals surface area contributed by atoms with E-state index in [9.17, 15) is 0 Å². The Morgan fingerprint density at radius 2 is 2.08 bits per heavy atom. The predicted octanol–water partition coefficient (Wildman–Crippen LogP) is 5.17. The summed E-state index contributed by atoms with van der Waals surface area (Å²) in [4.78, 5) is 13.4. The molecule has 0 saturated heterocycles. The summed E-state index contributed by atoms with van der Waals surface area (Å²) >= 11 is 0. The Labute approximate surface area is 157 Å². The van der Waals surface area contributed by atoms with Crippen molar-refractivity contribution in [1.29, 1.82) is 0 Å². The van der Waals surface area contributed by atoms with Gasteiger partial charge in [0.2, 0.25) is 0 Å². The van der Waals surface area contributed by atoms with Gasteiger partial charge in [-0.25, -0.2) is 15.0 Å². The molecule has 0 aliphatic heterocycles. The van der Waals surface area contributed by atoms with Crippen LogP contribution in [0.5, 0.6) is 5.75 Å². The second-order valence-electron chi connectivity index (χ2n) is 6.60. The van der Waals surface area contributed by atoms with Crippen LogP contribution in [-0.4, -0.2) is 21.0 Å². The standard InChI is InChI=1S/C21H30N4O/c1-6-8-10-17(7-2)25-21-20(13-22-16(5)23-21)26-14-18-11-9-12-19(24-18)15(3)4/h9,11-13,17H,3,6-8,10,14H2,1-2,4-5H3,(H,22,23,25). The molecule has 5 nitrogen and oxygen atoms in total. The number of hydrogen-bond acceptors (Lipinski definition) is 5. The second-order valence-corrected chi connectivity index (χ2v) is 6.60. The summed E-state index contributed by atoms with van der Waals surface area (Å²) in [6.45, 7) is 12.5. The van der Waals surface area contributed by atoms with Crippen molar-refractivity contribution in [2.24, 2.45) is 0 Å². The van der Waals surface area contributed by atoms with E-state index in [1.165, 1.54) is 12.8 Å². The molecule has 0 radical (unpaired) electrons. The van der Waals surface area contributed by atoms with Gasteiger partial charge in [-0.2, -0.15) is 0 Å². The number of nitrogens with zero attached hydrogens (tertiary/aromatic N) is 3. The molecule has 0 aliphatic rings. The molecule has 2 aromatic rings. The summed E-state index contributed by atoms with van der Waals surface area (Å²) in [5, 5.41) is 3.53. The maximum absolute atomic E-state index is 5.98. The Hall–Kier alpha value is -2.43. The zero-order chi connectivity index (χ0) is 18.9.